The van der Waals surface area contributed by atoms with E-state index in [2.05, 4.69) is 17.2 Å². The van der Waals surface area contributed by atoms with Crippen LogP contribution in [0.5, 0.6) is 5.88 Å². The molecule has 0 fully saturated rings. The summed E-state index contributed by atoms with van der Waals surface area (Å²) in [6.07, 6.45) is 1.83. The van der Waals surface area contributed by atoms with Crippen molar-refractivity contribution in [3.8, 4) is 5.88 Å². The van der Waals surface area contributed by atoms with E-state index in [4.69, 9.17) is 16.3 Å². The monoisotopic (exact) mass is 290 g/mol. The topological polar surface area (TPSA) is 34.1 Å². The molecule has 2 aromatic rings. The number of ether oxygens (including phenoxy) is 1. The third-order valence-corrected chi connectivity index (χ3v) is 3.11. The van der Waals surface area contributed by atoms with Crippen LogP contribution in [-0.4, -0.2) is 11.1 Å². The normalized spacial score (nSPS) is 12.2. The van der Waals surface area contributed by atoms with E-state index in [9.17, 15) is 0 Å². The Morgan fingerprint density at radius 3 is 2.45 bits per heavy atom. The first-order chi connectivity index (χ1) is 9.56. The maximum Gasteiger partial charge on any atom is 0.237 e. The van der Waals surface area contributed by atoms with Crippen LogP contribution in [0, 0.1) is 0 Å². The fourth-order valence-corrected chi connectivity index (χ4v) is 2.01. The number of rotatable bonds is 5. The minimum atomic E-state index is 0.0938. The van der Waals surface area contributed by atoms with E-state index in [1.54, 1.807) is 6.20 Å². The lowest BCUT2D eigenvalue weighted by Gasteiger charge is -2.19. The maximum atomic E-state index is 5.91. The Kier molecular flexibility index (Phi) is 4.85. The lowest BCUT2D eigenvalue weighted by Crippen LogP contribution is -2.12. The molecular weight excluding hydrogens is 272 g/mol. The highest BCUT2D eigenvalue weighted by Crippen LogP contribution is 2.27. The Labute approximate surface area is 124 Å². The van der Waals surface area contributed by atoms with Gasteiger partial charge in [0.15, 0.2) is 0 Å². The van der Waals surface area contributed by atoms with Crippen LogP contribution in [0.4, 0.5) is 5.69 Å². The van der Waals surface area contributed by atoms with Gasteiger partial charge in [0, 0.05) is 17.3 Å². The van der Waals surface area contributed by atoms with E-state index in [0.29, 0.717) is 5.88 Å². The fourth-order valence-electron chi connectivity index (χ4n) is 1.89. The molecule has 4 heteroatoms. The number of anilines is 1. The van der Waals surface area contributed by atoms with Gasteiger partial charge >= 0.3 is 0 Å². The quantitative estimate of drug-likeness (QED) is 0.867. The first-order valence-corrected chi connectivity index (χ1v) is 7.07. The van der Waals surface area contributed by atoms with E-state index >= 15 is 0 Å². The minimum absolute atomic E-state index is 0.0938. The second-order valence-corrected chi connectivity index (χ2v) is 5.38. The molecule has 3 nitrogen and oxygen atoms in total. The fraction of sp³-hybridized carbons (Fsp3) is 0.312. The molecule has 1 aromatic carbocycles. The van der Waals surface area contributed by atoms with Crippen molar-refractivity contribution in [2.75, 3.05) is 5.32 Å². The summed E-state index contributed by atoms with van der Waals surface area (Å²) in [5.41, 5.74) is 2.05. The summed E-state index contributed by atoms with van der Waals surface area (Å²) >= 11 is 5.91. The number of pyridine rings is 1. The van der Waals surface area contributed by atoms with Crippen molar-refractivity contribution in [2.45, 2.75) is 32.9 Å². The molecule has 0 aliphatic rings. The third kappa shape index (κ3) is 3.87. The zero-order valence-electron chi connectivity index (χ0n) is 11.9. The van der Waals surface area contributed by atoms with Crippen LogP contribution in [-0.2, 0) is 0 Å². The molecule has 0 bridgehead atoms. The van der Waals surface area contributed by atoms with Crippen molar-refractivity contribution in [1.82, 2.24) is 4.98 Å². The minimum Gasteiger partial charge on any atom is -0.473 e. The van der Waals surface area contributed by atoms with Gasteiger partial charge < -0.3 is 10.1 Å². The van der Waals surface area contributed by atoms with Crippen LogP contribution in [0.2, 0.25) is 5.02 Å². The number of benzene rings is 1. The molecule has 20 heavy (non-hydrogen) atoms. The molecule has 0 aliphatic heterocycles. The molecule has 1 N–H and O–H groups in total. The van der Waals surface area contributed by atoms with Crippen LogP contribution < -0.4 is 10.1 Å². The van der Waals surface area contributed by atoms with Gasteiger partial charge in [0.2, 0.25) is 5.88 Å². The zero-order chi connectivity index (χ0) is 14.5. The first kappa shape index (κ1) is 14.7. The van der Waals surface area contributed by atoms with E-state index in [1.165, 1.54) is 0 Å². The number of nitrogens with one attached hydrogen (secondary N) is 1. The molecule has 1 unspecified atom stereocenters. The highest BCUT2D eigenvalue weighted by Gasteiger charge is 2.11. The Balaban J connectivity index is 2.15. The third-order valence-electron chi connectivity index (χ3n) is 2.86. The molecule has 1 heterocycles. The van der Waals surface area contributed by atoms with Gasteiger partial charge in [-0.05, 0) is 50.6 Å². The number of hydrogen-bond acceptors (Lipinski definition) is 3. The van der Waals surface area contributed by atoms with Crippen LogP contribution in [0.1, 0.15) is 32.4 Å². The molecule has 0 saturated heterocycles. The number of hydrogen-bond donors (Lipinski definition) is 1. The largest absolute Gasteiger partial charge is 0.473 e. The van der Waals surface area contributed by atoms with Gasteiger partial charge in [0.1, 0.15) is 0 Å². The summed E-state index contributed by atoms with van der Waals surface area (Å²) < 4.78 is 5.71. The van der Waals surface area contributed by atoms with Gasteiger partial charge in [-0.15, -0.1) is 0 Å². The Bertz CT molecular complexity index is 555. The van der Waals surface area contributed by atoms with E-state index in [-0.39, 0.29) is 12.1 Å². The lowest BCUT2D eigenvalue weighted by atomic mass is 10.1. The molecule has 1 aromatic heterocycles. The Morgan fingerprint density at radius 1 is 1.10 bits per heavy atom. The van der Waals surface area contributed by atoms with Crippen molar-refractivity contribution >= 4 is 17.3 Å². The molecule has 0 spiro atoms. The van der Waals surface area contributed by atoms with Crippen molar-refractivity contribution in [2.24, 2.45) is 0 Å². The SMILES string of the molecule is CC(C)Oc1ncccc1NC(C)c1ccc(Cl)cc1. The average molecular weight is 291 g/mol. The van der Waals surface area contributed by atoms with Gasteiger partial charge in [-0.25, -0.2) is 4.98 Å². The molecule has 0 radical (unpaired) electrons. The summed E-state index contributed by atoms with van der Waals surface area (Å²) in [4.78, 5) is 4.27. The summed E-state index contributed by atoms with van der Waals surface area (Å²) in [6.45, 7) is 6.07. The Morgan fingerprint density at radius 2 is 1.80 bits per heavy atom. The first-order valence-electron chi connectivity index (χ1n) is 6.70. The second-order valence-electron chi connectivity index (χ2n) is 4.94. The zero-order valence-corrected chi connectivity index (χ0v) is 12.7. The Hall–Kier alpha value is -1.74. The molecule has 0 saturated carbocycles. The number of nitrogens with zero attached hydrogens (tertiary/aromatic N) is 1. The predicted octanol–water partition coefficient (Wildman–Crippen LogP) is 4.70. The summed E-state index contributed by atoms with van der Waals surface area (Å²) in [7, 11) is 0. The lowest BCUT2D eigenvalue weighted by molar-refractivity contribution is 0.234. The molecule has 106 valence electrons. The van der Waals surface area contributed by atoms with Gasteiger partial charge in [-0.3, -0.25) is 0 Å². The van der Waals surface area contributed by atoms with E-state index in [1.807, 2.05) is 50.2 Å². The molecule has 1 atom stereocenters. The standard InChI is InChI=1S/C16H19ClN2O/c1-11(2)20-16-15(5-4-10-18-16)19-12(3)13-6-8-14(17)9-7-13/h4-12,19H,1-3H3. The van der Waals surface area contributed by atoms with Crippen LogP contribution >= 0.6 is 11.6 Å². The van der Waals surface area contributed by atoms with Crippen LogP contribution in [0.25, 0.3) is 0 Å². The molecule has 0 aliphatic carbocycles. The van der Waals surface area contributed by atoms with Gasteiger partial charge in [0.05, 0.1) is 11.8 Å². The maximum absolute atomic E-state index is 5.91. The predicted molar refractivity (Wildman–Crippen MR) is 83.5 cm³/mol. The molecule has 2 rings (SSSR count). The van der Waals surface area contributed by atoms with Crippen LogP contribution in [0.3, 0.4) is 0 Å². The molecule has 0 amide bonds. The number of halogens is 1. The second kappa shape index (κ2) is 6.62. The average Bonchev–Trinajstić information content (AvgIpc) is 2.41. The van der Waals surface area contributed by atoms with Gasteiger partial charge in [-0.1, -0.05) is 23.7 Å². The van der Waals surface area contributed by atoms with Crippen molar-refractivity contribution in [3.05, 3.63) is 53.2 Å². The number of aromatic nitrogens is 1. The molecular formula is C16H19ClN2O. The van der Waals surface area contributed by atoms with Crippen molar-refractivity contribution < 1.29 is 4.74 Å². The van der Waals surface area contributed by atoms with Crippen molar-refractivity contribution in [1.29, 1.82) is 0 Å². The van der Waals surface area contributed by atoms with E-state index in [0.717, 1.165) is 16.3 Å². The summed E-state index contributed by atoms with van der Waals surface area (Å²) in [5.74, 6) is 0.628. The van der Waals surface area contributed by atoms with Crippen molar-refractivity contribution in [3.63, 3.8) is 0 Å². The highest BCUT2D eigenvalue weighted by atomic mass is 35.5. The van der Waals surface area contributed by atoms with Crippen LogP contribution in [0.15, 0.2) is 42.6 Å². The summed E-state index contributed by atoms with van der Waals surface area (Å²) in [5, 5.41) is 4.16. The smallest absolute Gasteiger partial charge is 0.237 e. The van der Waals surface area contributed by atoms with Gasteiger partial charge in [0.25, 0.3) is 0 Å². The highest BCUT2D eigenvalue weighted by molar-refractivity contribution is 6.30. The van der Waals surface area contributed by atoms with Gasteiger partial charge in [-0.2, -0.15) is 0 Å². The van der Waals surface area contributed by atoms with E-state index < -0.39 is 0 Å². The summed E-state index contributed by atoms with van der Waals surface area (Å²) in [6, 6.07) is 11.8.